The minimum absolute atomic E-state index is 0.0135. The SMILES string of the molecule is O=C(c1ccns1)N1CCOC(c2ccnc(N3CCCC3)n2)C1. The van der Waals surface area contributed by atoms with E-state index in [1.165, 1.54) is 24.4 Å². The number of morpholine rings is 1. The molecule has 0 bridgehead atoms. The van der Waals surface area contributed by atoms with Crippen molar-refractivity contribution in [2.75, 3.05) is 37.7 Å². The maximum Gasteiger partial charge on any atom is 0.265 e. The molecule has 7 nitrogen and oxygen atoms in total. The zero-order valence-electron chi connectivity index (χ0n) is 13.3. The van der Waals surface area contributed by atoms with Gasteiger partial charge in [0.1, 0.15) is 11.0 Å². The highest BCUT2D eigenvalue weighted by atomic mass is 32.1. The highest BCUT2D eigenvalue weighted by Gasteiger charge is 2.28. The van der Waals surface area contributed by atoms with Gasteiger partial charge in [-0.25, -0.2) is 14.3 Å². The Hall–Kier alpha value is -2.06. The van der Waals surface area contributed by atoms with Crippen molar-refractivity contribution >= 4 is 23.4 Å². The highest BCUT2D eigenvalue weighted by molar-refractivity contribution is 7.08. The van der Waals surface area contributed by atoms with Gasteiger partial charge >= 0.3 is 0 Å². The van der Waals surface area contributed by atoms with Gasteiger partial charge in [0, 0.05) is 32.0 Å². The standard InChI is InChI=1S/C16H19N5O2S/c22-15(14-4-6-18-24-14)21-9-10-23-13(11-21)12-3-5-17-16(19-12)20-7-1-2-8-20/h3-6,13H,1-2,7-11H2. The van der Waals surface area contributed by atoms with E-state index in [0.29, 0.717) is 24.6 Å². The van der Waals surface area contributed by atoms with Gasteiger partial charge < -0.3 is 14.5 Å². The second kappa shape index (κ2) is 6.82. The summed E-state index contributed by atoms with van der Waals surface area (Å²) in [6.45, 7) is 3.62. The zero-order chi connectivity index (χ0) is 16.4. The maximum absolute atomic E-state index is 12.5. The van der Waals surface area contributed by atoms with Crippen LogP contribution in [0.4, 0.5) is 5.95 Å². The lowest BCUT2D eigenvalue weighted by Gasteiger charge is -2.32. The zero-order valence-corrected chi connectivity index (χ0v) is 14.1. The molecule has 24 heavy (non-hydrogen) atoms. The Morgan fingerprint density at radius 3 is 2.88 bits per heavy atom. The van der Waals surface area contributed by atoms with Crippen LogP contribution in [0.25, 0.3) is 0 Å². The van der Waals surface area contributed by atoms with E-state index in [-0.39, 0.29) is 12.0 Å². The molecule has 0 aliphatic carbocycles. The number of ether oxygens (including phenoxy) is 1. The third-order valence-electron chi connectivity index (χ3n) is 4.39. The first-order chi connectivity index (χ1) is 11.8. The maximum atomic E-state index is 12.5. The minimum atomic E-state index is -0.208. The summed E-state index contributed by atoms with van der Waals surface area (Å²) in [5.74, 6) is 0.777. The van der Waals surface area contributed by atoms with Crippen LogP contribution in [0.3, 0.4) is 0 Å². The summed E-state index contributed by atoms with van der Waals surface area (Å²) in [6, 6.07) is 3.64. The summed E-state index contributed by atoms with van der Waals surface area (Å²) in [4.78, 5) is 26.3. The number of carbonyl (C=O) groups excluding carboxylic acids is 1. The molecule has 2 fully saturated rings. The molecule has 1 unspecified atom stereocenters. The Balaban J connectivity index is 1.49. The van der Waals surface area contributed by atoms with Gasteiger partial charge in [-0.05, 0) is 36.5 Å². The van der Waals surface area contributed by atoms with Gasteiger partial charge in [-0.1, -0.05) is 0 Å². The largest absolute Gasteiger partial charge is 0.368 e. The van der Waals surface area contributed by atoms with E-state index in [9.17, 15) is 4.79 Å². The van der Waals surface area contributed by atoms with E-state index in [1.807, 2.05) is 11.0 Å². The Bertz CT molecular complexity index is 702. The van der Waals surface area contributed by atoms with Gasteiger partial charge in [0.15, 0.2) is 0 Å². The molecule has 8 heteroatoms. The lowest BCUT2D eigenvalue weighted by Crippen LogP contribution is -2.42. The van der Waals surface area contributed by atoms with E-state index in [1.54, 1.807) is 18.5 Å². The van der Waals surface area contributed by atoms with Crippen molar-refractivity contribution in [2.24, 2.45) is 0 Å². The van der Waals surface area contributed by atoms with Crippen LogP contribution in [-0.4, -0.2) is 57.9 Å². The van der Waals surface area contributed by atoms with Crippen LogP contribution in [-0.2, 0) is 4.74 Å². The lowest BCUT2D eigenvalue weighted by atomic mass is 10.2. The number of hydrogen-bond donors (Lipinski definition) is 0. The molecular weight excluding hydrogens is 326 g/mol. The van der Waals surface area contributed by atoms with Gasteiger partial charge in [0.2, 0.25) is 5.95 Å². The quantitative estimate of drug-likeness (QED) is 0.844. The summed E-state index contributed by atoms with van der Waals surface area (Å²) >= 11 is 1.23. The Morgan fingerprint density at radius 2 is 2.08 bits per heavy atom. The molecule has 0 N–H and O–H groups in total. The fraction of sp³-hybridized carbons (Fsp3) is 0.500. The number of hydrogen-bond acceptors (Lipinski definition) is 7. The fourth-order valence-corrected chi connectivity index (χ4v) is 3.67. The normalized spacial score (nSPS) is 21.2. The topological polar surface area (TPSA) is 71.5 Å². The Labute approximate surface area is 144 Å². The predicted molar refractivity (Wildman–Crippen MR) is 90.2 cm³/mol. The van der Waals surface area contributed by atoms with Crippen LogP contribution in [0.1, 0.15) is 34.3 Å². The molecule has 2 aromatic heterocycles. The number of nitrogens with zero attached hydrogens (tertiary/aromatic N) is 5. The van der Waals surface area contributed by atoms with Gasteiger partial charge in [0.05, 0.1) is 18.8 Å². The minimum Gasteiger partial charge on any atom is -0.368 e. The first-order valence-corrected chi connectivity index (χ1v) is 8.98. The van der Waals surface area contributed by atoms with Crippen molar-refractivity contribution in [3.05, 3.63) is 35.1 Å². The summed E-state index contributed by atoms with van der Waals surface area (Å²) in [6.07, 6.45) is 5.60. The molecule has 1 atom stereocenters. The Morgan fingerprint density at radius 1 is 1.21 bits per heavy atom. The van der Waals surface area contributed by atoms with E-state index in [4.69, 9.17) is 4.74 Å². The van der Waals surface area contributed by atoms with Crippen molar-refractivity contribution in [2.45, 2.75) is 18.9 Å². The first kappa shape index (κ1) is 15.5. The molecular formula is C16H19N5O2S. The van der Waals surface area contributed by atoms with Crippen LogP contribution in [0.2, 0.25) is 0 Å². The average molecular weight is 345 g/mol. The van der Waals surface area contributed by atoms with Crippen LogP contribution < -0.4 is 4.90 Å². The van der Waals surface area contributed by atoms with Crippen LogP contribution >= 0.6 is 11.5 Å². The van der Waals surface area contributed by atoms with E-state index >= 15 is 0 Å². The van der Waals surface area contributed by atoms with Crippen molar-refractivity contribution in [1.82, 2.24) is 19.2 Å². The monoisotopic (exact) mass is 345 g/mol. The first-order valence-electron chi connectivity index (χ1n) is 8.21. The lowest BCUT2D eigenvalue weighted by molar-refractivity contribution is -0.0245. The third-order valence-corrected chi connectivity index (χ3v) is 5.12. The predicted octanol–water partition coefficient (Wildman–Crippen LogP) is 1.75. The molecule has 2 saturated heterocycles. The van der Waals surface area contributed by atoms with Gasteiger partial charge in [-0.15, -0.1) is 0 Å². The smallest absolute Gasteiger partial charge is 0.265 e. The molecule has 0 saturated carbocycles. The molecule has 0 spiro atoms. The molecule has 4 heterocycles. The number of anilines is 1. The average Bonchev–Trinajstić information content (AvgIpc) is 3.35. The summed E-state index contributed by atoms with van der Waals surface area (Å²) in [5, 5.41) is 0. The summed E-state index contributed by atoms with van der Waals surface area (Å²) in [7, 11) is 0. The van der Waals surface area contributed by atoms with Crippen molar-refractivity contribution in [3.8, 4) is 0 Å². The van der Waals surface area contributed by atoms with E-state index in [0.717, 1.165) is 24.7 Å². The van der Waals surface area contributed by atoms with Crippen LogP contribution in [0.15, 0.2) is 24.5 Å². The second-order valence-corrected chi connectivity index (χ2v) is 6.80. The van der Waals surface area contributed by atoms with Gasteiger partial charge in [-0.3, -0.25) is 4.79 Å². The summed E-state index contributed by atoms with van der Waals surface area (Å²) < 4.78 is 9.87. The molecule has 0 radical (unpaired) electrons. The molecule has 126 valence electrons. The summed E-state index contributed by atoms with van der Waals surface area (Å²) in [5.41, 5.74) is 0.841. The van der Waals surface area contributed by atoms with E-state index in [2.05, 4.69) is 19.2 Å². The van der Waals surface area contributed by atoms with Crippen LogP contribution in [0, 0.1) is 0 Å². The van der Waals surface area contributed by atoms with Crippen molar-refractivity contribution < 1.29 is 9.53 Å². The number of aromatic nitrogens is 3. The second-order valence-electron chi connectivity index (χ2n) is 5.96. The van der Waals surface area contributed by atoms with Crippen molar-refractivity contribution in [1.29, 1.82) is 0 Å². The van der Waals surface area contributed by atoms with E-state index < -0.39 is 0 Å². The van der Waals surface area contributed by atoms with Gasteiger partial charge in [-0.2, -0.15) is 0 Å². The number of amides is 1. The molecule has 0 aromatic carbocycles. The molecule has 2 aromatic rings. The molecule has 1 amide bonds. The van der Waals surface area contributed by atoms with Crippen molar-refractivity contribution in [3.63, 3.8) is 0 Å². The number of carbonyl (C=O) groups is 1. The molecule has 2 aliphatic heterocycles. The third kappa shape index (κ3) is 3.11. The molecule has 4 rings (SSSR count). The highest BCUT2D eigenvalue weighted by Crippen LogP contribution is 2.24. The molecule has 2 aliphatic rings. The van der Waals surface area contributed by atoms with Gasteiger partial charge in [0.25, 0.3) is 5.91 Å². The number of rotatable bonds is 3. The fourth-order valence-electron chi connectivity index (χ4n) is 3.11. The van der Waals surface area contributed by atoms with Crippen LogP contribution in [0.5, 0.6) is 0 Å². The Kier molecular flexibility index (Phi) is 4.40.